The minimum atomic E-state index is 0.494. The molecule has 0 saturated heterocycles. The van der Waals surface area contributed by atoms with Gasteiger partial charge in [0.1, 0.15) is 16.6 Å². The molecule has 0 aliphatic rings. The molecule has 0 bridgehead atoms. The number of ether oxygens (including phenoxy) is 1. The predicted molar refractivity (Wildman–Crippen MR) is 51.4 cm³/mol. The van der Waals surface area contributed by atoms with Gasteiger partial charge in [-0.1, -0.05) is 0 Å². The monoisotopic (exact) mass is 197 g/mol. The number of aromatic nitrogens is 1. The lowest BCUT2D eigenvalue weighted by molar-refractivity contribution is 0.150. The van der Waals surface area contributed by atoms with Gasteiger partial charge in [0.15, 0.2) is 0 Å². The van der Waals surface area contributed by atoms with Crippen LogP contribution in [0, 0.1) is 11.3 Å². The zero-order valence-electron chi connectivity index (χ0n) is 7.41. The molecule has 0 fully saturated rings. The summed E-state index contributed by atoms with van der Waals surface area (Å²) >= 11 is 1.16. The quantitative estimate of drug-likeness (QED) is 0.735. The van der Waals surface area contributed by atoms with Crippen LogP contribution in [-0.4, -0.2) is 17.6 Å². The average Bonchev–Trinajstić information content (AvgIpc) is 2.47. The number of nitriles is 1. The van der Waals surface area contributed by atoms with Crippen molar-refractivity contribution in [3.05, 3.63) is 11.3 Å². The van der Waals surface area contributed by atoms with Gasteiger partial charge in [0.2, 0.25) is 0 Å². The molecule has 0 spiro atoms. The second-order valence-electron chi connectivity index (χ2n) is 2.43. The maximum atomic E-state index is 8.74. The van der Waals surface area contributed by atoms with E-state index in [0.717, 1.165) is 17.2 Å². The first kappa shape index (κ1) is 9.96. The smallest absolute Gasteiger partial charge is 0.125 e. The molecule has 1 aromatic heterocycles. The highest BCUT2D eigenvalue weighted by atomic mass is 32.1. The van der Waals surface area contributed by atoms with Gasteiger partial charge < -0.3 is 10.5 Å². The molecule has 13 heavy (non-hydrogen) atoms. The topological polar surface area (TPSA) is 71.9 Å². The van der Waals surface area contributed by atoms with E-state index in [0.29, 0.717) is 30.2 Å². The Morgan fingerprint density at radius 3 is 3.08 bits per heavy atom. The van der Waals surface area contributed by atoms with Crippen LogP contribution in [-0.2, 0) is 11.2 Å². The van der Waals surface area contributed by atoms with Gasteiger partial charge >= 0.3 is 0 Å². The first-order valence-corrected chi connectivity index (χ1v) is 4.78. The second-order valence-corrected chi connectivity index (χ2v) is 3.23. The molecule has 0 unspecified atom stereocenters. The maximum absolute atomic E-state index is 8.74. The van der Waals surface area contributed by atoms with Crippen molar-refractivity contribution in [2.24, 2.45) is 0 Å². The molecular weight excluding hydrogens is 186 g/mol. The molecule has 2 N–H and O–H groups in total. The molecule has 0 atom stereocenters. The minimum absolute atomic E-state index is 0.494. The number of nitrogens with zero attached hydrogens (tertiary/aromatic N) is 2. The zero-order valence-corrected chi connectivity index (χ0v) is 8.23. The first-order chi connectivity index (χ1) is 6.29. The molecule has 5 heteroatoms. The fourth-order valence-electron chi connectivity index (χ4n) is 0.941. The lowest BCUT2D eigenvalue weighted by Gasteiger charge is -1.97. The molecule has 0 aliphatic heterocycles. The van der Waals surface area contributed by atoms with E-state index in [2.05, 4.69) is 4.37 Å². The highest BCUT2D eigenvalue weighted by Gasteiger charge is 2.09. The van der Waals surface area contributed by atoms with E-state index in [4.69, 9.17) is 15.7 Å². The molecule has 1 rings (SSSR count). The van der Waals surface area contributed by atoms with Crippen LogP contribution in [0.2, 0.25) is 0 Å². The van der Waals surface area contributed by atoms with Crippen molar-refractivity contribution in [2.75, 3.05) is 18.9 Å². The number of nitrogen functional groups attached to an aromatic ring is 1. The van der Waals surface area contributed by atoms with Gasteiger partial charge in [-0.05, 0) is 18.5 Å². The fourth-order valence-corrected chi connectivity index (χ4v) is 1.59. The zero-order chi connectivity index (χ0) is 9.68. The summed E-state index contributed by atoms with van der Waals surface area (Å²) in [5.74, 6) is 0. The summed E-state index contributed by atoms with van der Waals surface area (Å²) in [4.78, 5) is 0. The lowest BCUT2D eigenvalue weighted by atomic mass is 10.2. The van der Waals surface area contributed by atoms with Crippen LogP contribution in [0.25, 0.3) is 0 Å². The minimum Gasteiger partial charge on any atom is -0.388 e. The Hall–Kier alpha value is -1.12. The summed E-state index contributed by atoms with van der Waals surface area (Å²) in [6.07, 6.45) is 0.657. The summed E-state index contributed by atoms with van der Waals surface area (Å²) in [7, 11) is 0. The Balaban J connectivity index is 2.62. The van der Waals surface area contributed by atoms with Gasteiger partial charge in [-0.3, -0.25) is 0 Å². The number of hydrogen-bond donors (Lipinski definition) is 1. The van der Waals surface area contributed by atoms with E-state index in [9.17, 15) is 0 Å². The van der Waals surface area contributed by atoms with Gasteiger partial charge in [0, 0.05) is 13.0 Å². The normalized spacial score (nSPS) is 9.85. The van der Waals surface area contributed by atoms with Crippen LogP contribution in [0.5, 0.6) is 0 Å². The SMILES string of the molecule is CCOCCc1nsc(N)c1C#N. The molecule has 1 heterocycles. The Labute approximate surface area is 81.1 Å². The van der Waals surface area contributed by atoms with Crippen molar-refractivity contribution < 1.29 is 4.74 Å². The third-order valence-corrected chi connectivity index (χ3v) is 2.30. The average molecular weight is 197 g/mol. The fraction of sp³-hybridized carbons (Fsp3) is 0.500. The molecule has 1 aromatic rings. The van der Waals surface area contributed by atoms with Crippen molar-refractivity contribution in [3.63, 3.8) is 0 Å². The van der Waals surface area contributed by atoms with Gasteiger partial charge in [0.05, 0.1) is 12.3 Å². The maximum Gasteiger partial charge on any atom is 0.125 e. The third-order valence-electron chi connectivity index (χ3n) is 1.59. The number of rotatable bonds is 4. The van der Waals surface area contributed by atoms with Crippen molar-refractivity contribution >= 4 is 16.5 Å². The summed E-state index contributed by atoms with van der Waals surface area (Å²) in [5, 5.41) is 9.23. The number of anilines is 1. The molecule has 70 valence electrons. The Morgan fingerprint density at radius 2 is 2.46 bits per heavy atom. The predicted octanol–water partition coefficient (Wildman–Crippen LogP) is 1.18. The van der Waals surface area contributed by atoms with E-state index in [1.54, 1.807) is 0 Å². The van der Waals surface area contributed by atoms with Crippen molar-refractivity contribution in [1.82, 2.24) is 4.37 Å². The van der Waals surface area contributed by atoms with E-state index >= 15 is 0 Å². The Bertz CT molecular complexity index is 316. The largest absolute Gasteiger partial charge is 0.388 e. The van der Waals surface area contributed by atoms with Crippen LogP contribution in [0.1, 0.15) is 18.2 Å². The summed E-state index contributed by atoms with van der Waals surface area (Å²) in [6.45, 7) is 3.20. The van der Waals surface area contributed by atoms with Gasteiger partial charge in [-0.15, -0.1) is 0 Å². The van der Waals surface area contributed by atoms with Gasteiger partial charge in [0.25, 0.3) is 0 Å². The van der Waals surface area contributed by atoms with Crippen molar-refractivity contribution in [2.45, 2.75) is 13.3 Å². The first-order valence-electron chi connectivity index (χ1n) is 4.01. The van der Waals surface area contributed by atoms with Gasteiger partial charge in [-0.2, -0.15) is 9.64 Å². The molecule has 0 amide bonds. The van der Waals surface area contributed by atoms with Gasteiger partial charge in [-0.25, -0.2) is 0 Å². The Kier molecular flexibility index (Phi) is 3.68. The van der Waals surface area contributed by atoms with E-state index in [1.165, 1.54) is 0 Å². The molecule has 0 saturated carbocycles. The van der Waals surface area contributed by atoms with E-state index < -0.39 is 0 Å². The van der Waals surface area contributed by atoms with E-state index in [1.807, 2.05) is 13.0 Å². The van der Waals surface area contributed by atoms with Crippen LogP contribution in [0.4, 0.5) is 5.00 Å². The highest BCUT2D eigenvalue weighted by Crippen LogP contribution is 2.20. The molecular formula is C8H11N3OS. The van der Waals surface area contributed by atoms with Crippen molar-refractivity contribution in [3.8, 4) is 6.07 Å². The molecule has 0 aromatic carbocycles. The second kappa shape index (κ2) is 4.80. The summed E-state index contributed by atoms with van der Waals surface area (Å²) in [5.41, 5.74) is 6.80. The van der Waals surface area contributed by atoms with Crippen LogP contribution in [0.3, 0.4) is 0 Å². The summed E-state index contributed by atoms with van der Waals surface area (Å²) in [6, 6.07) is 2.04. The highest BCUT2D eigenvalue weighted by molar-refractivity contribution is 7.10. The third kappa shape index (κ3) is 2.41. The number of nitrogens with two attached hydrogens (primary N) is 1. The van der Waals surface area contributed by atoms with E-state index in [-0.39, 0.29) is 0 Å². The van der Waals surface area contributed by atoms with Crippen LogP contribution < -0.4 is 5.73 Å². The van der Waals surface area contributed by atoms with Crippen molar-refractivity contribution in [1.29, 1.82) is 5.26 Å². The van der Waals surface area contributed by atoms with Crippen LogP contribution >= 0.6 is 11.5 Å². The lowest BCUT2D eigenvalue weighted by Crippen LogP contribution is -2.00. The van der Waals surface area contributed by atoms with Crippen LogP contribution in [0.15, 0.2) is 0 Å². The standard InChI is InChI=1S/C8H11N3OS/c1-2-12-4-3-7-6(5-9)8(10)13-11-7/h2-4,10H2,1H3. The number of hydrogen-bond acceptors (Lipinski definition) is 5. The summed E-state index contributed by atoms with van der Waals surface area (Å²) < 4.78 is 9.23. The molecule has 0 radical (unpaired) electrons. The molecule has 4 nitrogen and oxygen atoms in total. The Morgan fingerprint density at radius 1 is 1.69 bits per heavy atom. The molecule has 0 aliphatic carbocycles.